The number of carbonyl (C=O) groups is 2. The zero-order valence-corrected chi connectivity index (χ0v) is 15.1. The molecule has 8 heteroatoms. The van der Waals surface area contributed by atoms with Gasteiger partial charge in [-0.3, -0.25) is 4.79 Å². The van der Waals surface area contributed by atoms with Gasteiger partial charge in [0.2, 0.25) is 0 Å². The standard InChI is InChI=1S/C20H12N2O5S/c23-17-9-12(18-16(27-17)5-4-13-19(18)22-28-21-13)15-7-6-14(26-15)10-2-1-3-11(8-10)20(24)25/h1-8,12H,9H2,(H,24,25)/t12-/m0/s1. The molecule has 0 unspecified atom stereocenters. The van der Waals surface area contributed by atoms with Gasteiger partial charge in [0.1, 0.15) is 28.3 Å². The number of furan rings is 1. The summed E-state index contributed by atoms with van der Waals surface area (Å²) in [4.78, 5) is 23.3. The van der Waals surface area contributed by atoms with E-state index in [1.807, 2.05) is 0 Å². The first-order valence-corrected chi connectivity index (χ1v) is 9.22. The molecular formula is C20H12N2O5S. The average Bonchev–Trinajstić information content (AvgIpc) is 3.36. The Morgan fingerprint density at radius 1 is 1.14 bits per heavy atom. The summed E-state index contributed by atoms with van der Waals surface area (Å²) < 4.78 is 20.0. The van der Waals surface area contributed by atoms with Crippen molar-refractivity contribution in [1.29, 1.82) is 0 Å². The van der Waals surface area contributed by atoms with Crippen LogP contribution in [0.25, 0.3) is 22.4 Å². The first-order chi connectivity index (χ1) is 13.6. The molecule has 3 heterocycles. The zero-order chi connectivity index (χ0) is 19.3. The van der Waals surface area contributed by atoms with Gasteiger partial charge in [0, 0.05) is 11.1 Å². The van der Waals surface area contributed by atoms with E-state index in [1.165, 1.54) is 6.07 Å². The molecule has 0 aliphatic carbocycles. The fourth-order valence-corrected chi connectivity index (χ4v) is 4.00. The molecule has 2 aromatic heterocycles. The number of carbonyl (C=O) groups excluding carboxylic acids is 1. The minimum atomic E-state index is -1.00. The van der Waals surface area contributed by atoms with E-state index in [0.29, 0.717) is 28.4 Å². The molecule has 1 N–H and O–H groups in total. The van der Waals surface area contributed by atoms with Gasteiger partial charge in [-0.05, 0) is 36.4 Å². The smallest absolute Gasteiger partial charge is 0.335 e. The van der Waals surface area contributed by atoms with E-state index in [0.717, 1.165) is 22.8 Å². The van der Waals surface area contributed by atoms with E-state index < -0.39 is 5.97 Å². The molecule has 28 heavy (non-hydrogen) atoms. The Balaban J connectivity index is 1.60. The molecule has 1 atom stereocenters. The van der Waals surface area contributed by atoms with Crippen molar-refractivity contribution in [2.45, 2.75) is 12.3 Å². The Morgan fingerprint density at radius 2 is 2.04 bits per heavy atom. The number of hydrogen-bond acceptors (Lipinski definition) is 7. The van der Waals surface area contributed by atoms with Gasteiger partial charge in [-0.25, -0.2) is 4.79 Å². The molecule has 0 bridgehead atoms. The number of ether oxygens (including phenoxy) is 1. The number of rotatable bonds is 3. The summed E-state index contributed by atoms with van der Waals surface area (Å²) >= 11 is 1.10. The van der Waals surface area contributed by atoms with Crippen LogP contribution < -0.4 is 4.74 Å². The van der Waals surface area contributed by atoms with Crippen molar-refractivity contribution in [2.75, 3.05) is 0 Å². The number of aromatic nitrogens is 2. The molecule has 4 aromatic rings. The minimum Gasteiger partial charge on any atom is -0.478 e. The molecule has 0 amide bonds. The monoisotopic (exact) mass is 392 g/mol. The topological polar surface area (TPSA) is 103 Å². The third-order valence-electron chi connectivity index (χ3n) is 4.73. The van der Waals surface area contributed by atoms with Crippen molar-refractivity contribution < 1.29 is 23.8 Å². The van der Waals surface area contributed by atoms with Gasteiger partial charge < -0.3 is 14.3 Å². The zero-order valence-electron chi connectivity index (χ0n) is 14.3. The highest BCUT2D eigenvalue weighted by Gasteiger charge is 2.33. The molecule has 1 aliphatic heterocycles. The molecule has 7 nitrogen and oxygen atoms in total. The summed E-state index contributed by atoms with van der Waals surface area (Å²) in [5.74, 6) is -0.106. The molecular weight excluding hydrogens is 380 g/mol. The molecule has 0 radical (unpaired) electrons. The normalized spacial score (nSPS) is 16.0. The van der Waals surface area contributed by atoms with Crippen LogP contribution in [0.2, 0.25) is 0 Å². The average molecular weight is 392 g/mol. The lowest BCUT2D eigenvalue weighted by molar-refractivity contribution is -0.135. The second-order valence-corrected chi connectivity index (χ2v) is 6.96. The summed E-state index contributed by atoms with van der Waals surface area (Å²) in [7, 11) is 0. The molecule has 0 saturated heterocycles. The van der Waals surface area contributed by atoms with Gasteiger partial charge in [-0.15, -0.1) is 0 Å². The molecule has 0 fully saturated rings. The quantitative estimate of drug-likeness (QED) is 0.414. The maximum Gasteiger partial charge on any atom is 0.335 e. The Hall–Kier alpha value is -3.52. The second kappa shape index (κ2) is 6.28. The maximum absolute atomic E-state index is 12.1. The van der Waals surface area contributed by atoms with Crippen molar-refractivity contribution in [2.24, 2.45) is 0 Å². The lowest BCUT2D eigenvalue weighted by Crippen LogP contribution is -2.21. The van der Waals surface area contributed by atoms with E-state index >= 15 is 0 Å². The summed E-state index contributed by atoms with van der Waals surface area (Å²) in [6.07, 6.45) is 0.131. The molecule has 2 aromatic carbocycles. The van der Waals surface area contributed by atoms with E-state index in [4.69, 9.17) is 9.15 Å². The number of nitrogens with zero attached hydrogens (tertiary/aromatic N) is 2. The third-order valence-corrected chi connectivity index (χ3v) is 5.28. The molecule has 0 saturated carbocycles. The SMILES string of the molecule is O=C1C[C@@H](c2ccc(-c3cccc(C(=O)O)c3)o2)c2c(ccc3nsnc23)O1. The predicted octanol–water partition coefficient (Wildman–Crippen LogP) is 4.09. The predicted molar refractivity (Wildman–Crippen MR) is 101 cm³/mol. The summed E-state index contributed by atoms with van der Waals surface area (Å²) in [5, 5.41) is 9.19. The van der Waals surface area contributed by atoms with Gasteiger partial charge in [0.25, 0.3) is 0 Å². The van der Waals surface area contributed by atoms with Crippen molar-refractivity contribution in [1.82, 2.24) is 8.75 Å². The first kappa shape index (κ1) is 16.6. The molecule has 0 spiro atoms. The fourth-order valence-electron chi connectivity index (χ4n) is 3.46. The number of carboxylic acid groups (broad SMARTS) is 1. The highest BCUT2D eigenvalue weighted by atomic mass is 32.1. The van der Waals surface area contributed by atoms with Crippen LogP contribution in [0.1, 0.15) is 34.0 Å². The van der Waals surface area contributed by atoms with Gasteiger partial charge in [-0.2, -0.15) is 8.75 Å². The van der Waals surface area contributed by atoms with Crippen LogP contribution in [0.5, 0.6) is 5.75 Å². The van der Waals surface area contributed by atoms with Crippen LogP contribution >= 0.6 is 11.7 Å². The lowest BCUT2D eigenvalue weighted by Gasteiger charge is -2.23. The van der Waals surface area contributed by atoms with Gasteiger partial charge in [0.05, 0.1) is 29.6 Å². The summed E-state index contributed by atoms with van der Waals surface area (Å²) in [6, 6.07) is 13.6. The van der Waals surface area contributed by atoms with Crippen LogP contribution in [0, 0.1) is 0 Å². The largest absolute Gasteiger partial charge is 0.478 e. The molecule has 1 aliphatic rings. The third kappa shape index (κ3) is 2.66. The number of hydrogen-bond donors (Lipinski definition) is 1. The van der Waals surface area contributed by atoms with Crippen molar-refractivity contribution in [3.05, 3.63) is 65.4 Å². The Labute approximate surface area is 162 Å². The second-order valence-electron chi connectivity index (χ2n) is 6.43. The van der Waals surface area contributed by atoms with Crippen LogP contribution in [-0.2, 0) is 4.79 Å². The van der Waals surface area contributed by atoms with Crippen molar-refractivity contribution in [3.8, 4) is 17.1 Å². The first-order valence-electron chi connectivity index (χ1n) is 8.49. The van der Waals surface area contributed by atoms with Gasteiger partial charge >= 0.3 is 11.9 Å². The molecule has 138 valence electrons. The van der Waals surface area contributed by atoms with Crippen LogP contribution in [0.3, 0.4) is 0 Å². The van der Waals surface area contributed by atoms with Gasteiger partial charge in [-0.1, -0.05) is 12.1 Å². The van der Waals surface area contributed by atoms with Crippen LogP contribution in [0.4, 0.5) is 0 Å². The Morgan fingerprint density at radius 3 is 2.89 bits per heavy atom. The highest BCUT2D eigenvalue weighted by Crippen LogP contribution is 2.43. The van der Waals surface area contributed by atoms with E-state index in [9.17, 15) is 14.7 Å². The van der Waals surface area contributed by atoms with Gasteiger partial charge in [0.15, 0.2) is 0 Å². The Kier molecular flexibility index (Phi) is 3.73. The van der Waals surface area contributed by atoms with Crippen LogP contribution in [-0.4, -0.2) is 25.8 Å². The van der Waals surface area contributed by atoms with Crippen molar-refractivity contribution >= 4 is 34.7 Å². The lowest BCUT2D eigenvalue weighted by atomic mass is 9.89. The maximum atomic E-state index is 12.1. The summed E-state index contributed by atoms with van der Waals surface area (Å²) in [5.41, 5.74) is 3.06. The van der Waals surface area contributed by atoms with E-state index in [2.05, 4.69) is 8.75 Å². The van der Waals surface area contributed by atoms with E-state index in [-0.39, 0.29) is 23.9 Å². The fraction of sp³-hybridized carbons (Fsp3) is 0.100. The van der Waals surface area contributed by atoms with E-state index in [1.54, 1.807) is 42.5 Å². The van der Waals surface area contributed by atoms with Crippen molar-refractivity contribution in [3.63, 3.8) is 0 Å². The Bertz CT molecular complexity index is 1240. The van der Waals surface area contributed by atoms with Crippen LogP contribution in [0.15, 0.2) is 52.9 Å². The number of fused-ring (bicyclic) bond motifs is 3. The number of aromatic carboxylic acids is 1. The summed E-state index contributed by atoms with van der Waals surface area (Å²) in [6.45, 7) is 0. The number of esters is 1. The number of carboxylic acids is 1. The number of benzene rings is 2. The minimum absolute atomic E-state index is 0.131. The highest BCUT2D eigenvalue weighted by molar-refractivity contribution is 7.00. The molecule has 5 rings (SSSR count).